The number of rotatable bonds is 3. The fourth-order valence-corrected chi connectivity index (χ4v) is 2.64. The number of hydrogen-bond acceptors (Lipinski definition) is 2. The first-order chi connectivity index (χ1) is 10.1. The molecule has 0 saturated carbocycles. The van der Waals surface area contributed by atoms with Gasteiger partial charge >= 0.3 is 0 Å². The highest BCUT2D eigenvalue weighted by atomic mass is 16.5. The van der Waals surface area contributed by atoms with Crippen molar-refractivity contribution < 1.29 is 4.74 Å². The minimum atomic E-state index is 0.379. The standard InChI is InChI=1S/C19H21NO/c1-13(2)18-10-15-11-19(14(3)9-16(15)12-20-18)21-17-7-5-4-6-8-17/h4-9,11-13,18H,10H2,1-3H3. The summed E-state index contributed by atoms with van der Waals surface area (Å²) in [5, 5.41) is 0. The van der Waals surface area contributed by atoms with Crippen LogP contribution in [0.3, 0.4) is 0 Å². The van der Waals surface area contributed by atoms with Crippen LogP contribution in [0.5, 0.6) is 11.5 Å². The Bertz CT molecular complexity index is 659. The van der Waals surface area contributed by atoms with Crippen molar-refractivity contribution in [3.8, 4) is 11.5 Å². The molecular formula is C19H21NO. The summed E-state index contributed by atoms with van der Waals surface area (Å²) in [4.78, 5) is 4.66. The van der Waals surface area contributed by atoms with Crippen molar-refractivity contribution in [3.05, 3.63) is 59.2 Å². The van der Waals surface area contributed by atoms with E-state index in [4.69, 9.17) is 4.74 Å². The summed E-state index contributed by atoms with van der Waals surface area (Å²) in [6.07, 6.45) is 3.01. The monoisotopic (exact) mass is 279 g/mol. The second-order valence-corrected chi connectivity index (χ2v) is 6.03. The minimum Gasteiger partial charge on any atom is -0.457 e. The van der Waals surface area contributed by atoms with Crippen molar-refractivity contribution >= 4 is 6.21 Å². The minimum absolute atomic E-state index is 0.379. The molecule has 0 spiro atoms. The number of para-hydroxylation sites is 1. The van der Waals surface area contributed by atoms with Crippen molar-refractivity contribution in [3.63, 3.8) is 0 Å². The fourth-order valence-electron chi connectivity index (χ4n) is 2.64. The third kappa shape index (κ3) is 2.99. The van der Waals surface area contributed by atoms with Crippen LogP contribution in [0.25, 0.3) is 0 Å². The zero-order valence-electron chi connectivity index (χ0n) is 12.8. The van der Waals surface area contributed by atoms with Crippen LogP contribution in [0.4, 0.5) is 0 Å². The van der Waals surface area contributed by atoms with E-state index in [0.29, 0.717) is 12.0 Å². The number of aryl methyl sites for hydroxylation is 1. The number of benzene rings is 2. The molecule has 1 aliphatic rings. The van der Waals surface area contributed by atoms with E-state index in [1.165, 1.54) is 11.1 Å². The van der Waals surface area contributed by atoms with Crippen LogP contribution in [-0.4, -0.2) is 12.3 Å². The SMILES string of the molecule is Cc1cc2c(cc1Oc1ccccc1)CC(C(C)C)N=C2. The topological polar surface area (TPSA) is 21.6 Å². The molecule has 0 bridgehead atoms. The number of fused-ring (bicyclic) bond motifs is 1. The first-order valence-electron chi connectivity index (χ1n) is 7.53. The predicted molar refractivity (Wildman–Crippen MR) is 87.6 cm³/mol. The normalized spacial score (nSPS) is 16.9. The van der Waals surface area contributed by atoms with Crippen molar-refractivity contribution in [1.29, 1.82) is 0 Å². The summed E-state index contributed by atoms with van der Waals surface area (Å²) < 4.78 is 6.03. The third-order valence-electron chi connectivity index (χ3n) is 4.01. The van der Waals surface area contributed by atoms with E-state index in [2.05, 4.69) is 37.9 Å². The molecule has 2 nitrogen and oxygen atoms in total. The zero-order chi connectivity index (χ0) is 14.8. The molecule has 0 amide bonds. The lowest BCUT2D eigenvalue weighted by molar-refractivity contribution is 0.471. The van der Waals surface area contributed by atoms with Crippen LogP contribution >= 0.6 is 0 Å². The first kappa shape index (κ1) is 13.9. The van der Waals surface area contributed by atoms with Gasteiger partial charge in [-0.2, -0.15) is 0 Å². The van der Waals surface area contributed by atoms with Gasteiger partial charge < -0.3 is 4.74 Å². The van der Waals surface area contributed by atoms with Crippen molar-refractivity contribution in [1.82, 2.24) is 0 Å². The highest BCUT2D eigenvalue weighted by Gasteiger charge is 2.19. The lowest BCUT2D eigenvalue weighted by Gasteiger charge is -2.23. The van der Waals surface area contributed by atoms with Gasteiger partial charge in [0.15, 0.2) is 0 Å². The Morgan fingerprint density at radius 1 is 1.14 bits per heavy atom. The molecule has 0 aromatic heterocycles. The van der Waals surface area contributed by atoms with Crippen molar-refractivity contribution in [2.75, 3.05) is 0 Å². The van der Waals surface area contributed by atoms with E-state index in [0.717, 1.165) is 23.5 Å². The molecule has 0 N–H and O–H groups in total. The average Bonchev–Trinajstić information content (AvgIpc) is 2.48. The summed E-state index contributed by atoms with van der Waals surface area (Å²) in [6, 6.07) is 14.7. The van der Waals surface area contributed by atoms with Gasteiger partial charge in [-0.3, -0.25) is 4.99 Å². The summed E-state index contributed by atoms with van der Waals surface area (Å²) in [7, 11) is 0. The number of nitrogens with zero attached hydrogens (tertiary/aromatic N) is 1. The average molecular weight is 279 g/mol. The van der Waals surface area contributed by atoms with E-state index in [-0.39, 0.29) is 0 Å². The van der Waals surface area contributed by atoms with Crippen LogP contribution in [0.15, 0.2) is 47.5 Å². The predicted octanol–water partition coefficient (Wildman–Crippen LogP) is 4.79. The molecule has 2 aromatic rings. The van der Waals surface area contributed by atoms with E-state index in [1.807, 2.05) is 36.5 Å². The number of ether oxygens (including phenoxy) is 1. The van der Waals surface area contributed by atoms with E-state index >= 15 is 0 Å². The van der Waals surface area contributed by atoms with Gasteiger partial charge in [-0.15, -0.1) is 0 Å². The fraction of sp³-hybridized carbons (Fsp3) is 0.316. The largest absolute Gasteiger partial charge is 0.457 e. The molecule has 0 saturated heterocycles. The molecule has 21 heavy (non-hydrogen) atoms. The number of hydrogen-bond donors (Lipinski definition) is 0. The Hall–Kier alpha value is -2.09. The van der Waals surface area contributed by atoms with Gasteiger partial charge in [-0.05, 0) is 60.2 Å². The van der Waals surface area contributed by atoms with Crippen LogP contribution in [0.1, 0.15) is 30.5 Å². The maximum atomic E-state index is 6.03. The van der Waals surface area contributed by atoms with E-state index in [1.54, 1.807) is 0 Å². The van der Waals surface area contributed by atoms with Crippen molar-refractivity contribution in [2.45, 2.75) is 33.2 Å². The van der Waals surface area contributed by atoms with Gasteiger partial charge in [-0.25, -0.2) is 0 Å². The Morgan fingerprint density at radius 3 is 2.62 bits per heavy atom. The molecule has 108 valence electrons. The smallest absolute Gasteiger partial charge is 0.130 e. The van der Waals surface area contributed by atoms with Gasteiger partial charge in [0.05, 0.1) is 6.04 Å². The van der Waals surface area contributed by atoms with Gasteiger partial charge in [0.25, 0.3) is 0 Å². The Balaban J connectivity index is 1.91. The maximum Gasteiger partial charge on any atom is 0.130 e. The van der Waals surface area contributed by atoms with Gasteiger partial charge in [-0.1, -0.05) is 32.0 Å². The summed E-state index contributed by atoms with van der Waals surface area (Å²) in [6.45, 7) is 6.53. The van der Waals surface area contributed by atoms with Gasteiger partial charge in [0, 0.05) is 6.21 Å². The summed E-state index contributed by atoms with van der Waals surface area (Å²) >= 11 is 0. The second kappa shape index (κ2) is 5.72. The maximum absolute atomic E-state index is 6.03. The van der Waals surface area contributed by atoms with Crippen LogP contribution in [0.2, 0.25) is 0 Å². The first-order valence-corrected chi connectivity index (χ1v) is 7.53. The molecule has 0 radical (unpaired) electrons. The molecule has 0 fully saturated rings. The third-order valence-corrected chi connectivity index (χ3v) is 4.01. The highest BCUT2D eigenvalue weighted by molar-refractivity contribution is 5.84. The Labute approximate surface area is 126 Å². The molecular weight excluding hydrogens is 258 g/mol. The van der Waals surface area contributed by atoms with Crippen molar-refractivity contribution in [2.24, 2.45) is 10.9 Å². The van der Waals surface area contributed by atoms with Crippen LogP contribution in [0, 0.1) is 12.8 Å². The molecule has 1 unspecified atom stereocenters. The molecule has 2 heteroatoms. The highest BCUT2D eigenvalue weighted by Crippen LogP contribution is 2.30. The Morgan fingerprint density at radius 2 is 1.90 bits per heavy atom. The van der Waals surface area contributed by atoms with Gasteiger partial charge in [0.1, 0.15) is 11.5 Å². The lowest BCUT2D eigenvalue weighted by Crippen LogP contribution is -2.21. The van der Waals surface area contributed by atoms with Gasteiger partial charge in [0.2, 0.25) is 0 Å². The second-order valence-electron chi connectivity index (χ2n) is 6.03. The lowest BCUT2D eigenvalue weighted by atomic mass is 9.91. The summed E-state index contributed by atoms with van der Waals surface area (Å²) in [5.74, 6) is 2.39. The molecule has 2 aromatic carbocycles. The quantitative estimate of drug-likeness (QED) is 0.791. The van der Waals surface area contributed by atoms with E-state index in [9.17, 15) is 0 Å². The summed E-state index contributed by atoms with van der Waals surface area (Å²) in [5.41, 5.74) is 3.71. The molecule has 3 rings (SSSR count). The molecule has 1 heterocycles. The molecule has 0 aliphatic carbocycles. The van der Waals surface area contributed by atoms with Crippen LogP contribution < -0.4 is 4.74 Å². The molecule has 1 atom stereocenters. The molecule has 1 aliphatic heterocycles. The number of aliphatic imine (C=N–C) groups is 1. The Kier molecular flexibility index (Phi) is 3.78. The van der Waals surface area contributed by atoms with Crippen LogP contribution in [-0.2, 0) is 6.42 Å². The van der Waals surface area contributed by atoms with E-state index < -0.39 is 0 Å². The zero-order valence-corrected chi connectivity index (χ0v) is 12.8.